The van der Waals surface area contributed by atoms with Crippen molar-refractivity contribution in [2.75, 3.05) is 25.0 Å². The molecule has 1 N–H and O–H groups in total. The lowest BCUT2D eigenvalue weighted by Gasteiger charge is -2.31. The molecule has 5 heteroatoms. The number of anilines is 1. The minimum absolute atomic E-state index is 0.536. The maximum atomic E-state index is 4.67. The van der Waals surface area contributed by atoms with Gasteiger partial charge in [0.05, 0.1) is 5.52 Å². The summed E-state index contributed by atoms with van der Waals surface area (Å²) >= 11 is 3.47. The molecule has 1 saturated heterocycles. The van der Waals surface area contributed by atoms with Crippen LogP contribution in [0.5, 0.6) is 0 Å². The highest BCUT2D eigenvalue weighted by Gasteiger charge is 2.19. The lowest BCUT2D eigenvalue weighted by molar-refractivity contribution is 0.440. The molecular formula is C14H17BrN4. The molecule has 0 bridgehead atoms. The second kappa shape index (κ2) is 5.43. The summed E-state index contributed by atoms with van der Waals surface area (Å²) in [6.45, 7) is 2.16. The minimum Gasteiger partial charge on any atom is -0.341 e. The summed E-state index contributed by atoms with van der Waals surface area (Å²) in [7, 11) is 2.09. The molecule has 100 valence electrons. The zero-order valence-electron chi connectivity index (χ0n) is 10.9. The van der Waals surface area contributed by atoms with Crippen LogP contribution in [0, 0.1) is 0 Å². The number of piperidine rings is 1. The fourth-order valence-electron chi connectivity index (χ4n) is 2.52. The molecule has 19 heavy (non-hydrogen) atoms. The summed E-state index contributed by atoms with van der Waals surface area (Å²) in [4.78, 5) is 11.4. The Balaban J connectivity index is 1.89. The van der Waals surface area contributed by atoms with E-state index < -0.39 is 0 Å². The summed E-state index contributed by atoms with van der Waals surface area (Å²) < 4.78 is 1.06. The molecule has 0 unspecified atom stereocenters. The van der Waals surface area contributed by atoms with Crippen LogP contribution in [0.15, 0.2) is 28.9 Å². The number of rotatable bonds is 2. The molecule has 1 aliphatic heterocycles. The maximum Gasteiger partial charge on any atom is 0.225 e. The summed E-state index contributed by atoms with van der Waals surface area (Å²) in [5.74, 6) is 0.821. The third-order valence-electron chi connectivity index (χ3n) is 3.70. The van der Waals surface area contributed by atoms with Crippen LogP contribution in [0.25, 0.3) is 10.9 Å². The van der Waals surface area contributed by atoms with E-state index in [1.807, 2.05) is 24.4 Å². The van der Waals surface area contributed by atoms with Crippen molar-refractivity contribution in [2.24, 2.45) is 0 Å². The number of nitrogens with zero attached hydrogens (tertiary/aromatic N) is 3. The molecule has 1 fully saturated rings. The number of halogens is 1. The van der Waals surface area contributed by atoms with Crippen molar-refractivity contribution in [1.82, 2.24) is 15.3 Å². The first-order valence-corrected chi connectivity index (χ1v) is 7.39. The van der Waals surface area contributed by atoms with Crippen molar-refractivity contribution in [3.8, 4) is 0 Å². The number of fused-ring (bicyclic) bond motifs is 1. The van der Waals surface area contributed by atoms with Crippen molar-refractivity contribution in [3.63, 3.8) is 0 Å². The number of nitrogens with one attached hydrogen (secondary N) is 1. The van der Waals surface area contributed by atoms with Crippen molar-refractivity contribution < 1.29 is 0 Å². The highest BCUT2D eigenvalue weighted by atomic mass is 79.9. The van der Waals surface area contributed by atoms with E-state index in [2.05, 4.69) is 43.2 Å². The molecule has 1 aliphatic rings. The Morgan fingerprint density at radius 1 is 1.32 bits per heavy atom. The SMILES string of the molecule is CN(c1ncc2cc(Br)ccc2n1)C1CCNCC1. The minimum atomic E-state index is 0.536. The Kier molecular flexibility index (Phi) is 3.66. The molecule has 0 radical (unpaired) electrons. The average molecular weight is 321 g/mol. The van der Waals surface area contributed by atoms with E-state index in [1.54, 1.807) is 0 Å². The Bertz CT molecular complexity index is 581. The number of hydrogen-bond donors (Lipinski definition) is 1. The molecule has 4 nitrogen and oxygen atoms in total. The van der Waals surface area contributed by atoms with E-state index in [1.165, 1.54) is 0 Å². The van der Waals surface area contributed by atoms with Crippen LogP contribution in [0.3, 0.4) is 0 Å². The molecule has 0 saturated carbocycles. The molecule has 0 atom stereocenters. The van der Waals surface area contributed by atoms with Gasteiger partial charge in [0.25, 0.3) is 0 Å². The standard InChI is InChI=1S/C14H17BrN4/c1-19(12-4-6-16-7-5-12)14-17-9-10-8-11(15)2-3-13(10)18-14/h2-3,8-9,12,16H,4-7H2,1H3. The third-order valence-corrected chi connectivity index (χ3v) is 4.19. The molecule has 2 heterocycles. The topological polar surface area (TPSA) is 41.1 Å². The first kappa shape index (κ1) is 12.8. The first-order valence-electron chi connectivity index (χ1n) is 6.60. The summed E-state index contributed by atoms with van der Waals surface area (Å²) in [6, 6.07) is 6.63. The lowest BCUT2D eigenvalue weighted by Crippen LogP contribution is -2.41. The van der Waals surface area contributed by atoms with Gasteiger partial charge in [-0.15, -0.1) is 0 Å². The number of benzene rings is 1. The predicted molar refractivity (Wildman–Crippen MR) is 81.5 cm³/mol. The Morgan fingerprint density at radius 2 is 2.11 bits per heavy atom. The fourth-order valence-corrected chi connectivity index (χ4v) is 2.90. The molecule has 2 aromatic rings. The van der Waals surface area contributed by atoms with Crippen LogP contribution in [0.1, 0.15) is 12.8 Å². The van der Waals surface area contributed by atoms with Gasteiger partial charge in [-0.2, -0.15) is 0 Å². The van der Waals surface area contributed by atoms with Crippen LogP contribution in [-0.2, 0) is 0 Å². The quantitative estimate of drug-likeness (QED) is 0.923. The monoisotopic (exact) mass is 320 g/mol. The first-order chi connectivity index (χ1) is 9.24. The van der Waals surface area contributed by atoms with Crippen molar-refractivity contribution in [1.29, 1.82) is 0 Å². The fraction of sp³-hybridized carbons (Fsp3) is 0.429. The largest absolute Gasteiger partial charge is 0.341 e. The van der Waals surface area contributed by atoms with Gasteiger partial charge in [-0.05, 0) is 44.1 Å². The molecule has 0 amide bonds. The van der Waals surface area contributed by atoms with E-state index in [9.17, 15) is 0 Å². The Hall–Kier alpha value is -1.20. The zero-order valence-corrected chi connectivity index (χ0v) is 12.5. The summed E-state index contributed by atoms with van der Waals surface area (Å²) in [6.07, 6.45) is 4.20. The van der Waals surface area contributed by atoms with E-state index in [-0.39, 0.29) is 0 Å². The smallest absolute Gasteiger partial charge is 0.225 e. The second-order valence-electron chi connectivity index (χ2n) is 4.97. The van der Waals surface area contributed by atoms with E-state index in [0.29, 0.717) is 6.04 Å². The summed E-state index contributed by atoms with van der Waals surface area (Å²) in [5.41, 5.74) is 0.994. The van der Waals surface area contributed by atoms with Crippen LogP contribution < -0.4 is 10.2 Å². The average Bonchev–Trinajstić information content (AvgIpc) is 2.47. The van der Waals surface area contributed by atoms with Gasteiger partial charge < -0.3 is 10.2 Å². The van der Waals surface area contributed by atoms with Gasteiger partial charge >= 0.3 is 0 Å². The van der Waals surface area contributed by atoms with Crippen LogP contribution in [-0.4, -0.2) is 36.1 Å². The Morgan fingerprint density at radius 3 is 2.89 bits per heavy atom. The number of aromatic nitrogens is 2. The number of hydrogen-bond acceptors (Lipinski definition) is 4. The maximum absolute atomic E-state index is 4.67. The molecule has 1 aromatic carbocycles. The van der Waals surface area contributed by atoms with Gasteiger partial charge in [0.1, 0.15) is 0 Å². The normalized spacial score (nSPS) is 16.7. The van der Waals surface area contributed by atoms with Gasteiger partial charge in [-0.3, -0.25) is 0 Å². The van der Waals surface area contributed by atoms with Gasteiger partial charge in [-0.1, -0.05) is 15.9 Å². The van der Waals surface area contributed by atoms with E-state index in [4.69, 9.17) is 0 Å². The van der Waals surface area contributed by atoms with Gasteiger partial charge in [0, 0.05) is 29.1 Å². The van der Waals surface area contributed by atoms with Crippen LogP contribution >= 0.6 is 15.9 Å². The predicted octanol–water partition coefficient (Wildman–Crippen LogP) is 2.58. The van der Waals surface area contributed by atoms with Crippen LogP contribution in [0.4, 0.5) is 5.95 Å². The molecular weight excluding hydrogens is 304 g/mol. The lowest BCUT2D eigenvalue weighted by atomic mass is 10.1. The van der Waals surface area contributed by atoms with Crippen LogP contribution in [0.2, 0.25) is 0 Å². The summed E-state index contributed by atoms with van der Waals surface area (Å²) in [5, 5.41) is 4.45. The Labute approximate surface area is 121 Å². The zero-order chi connectivity index (χ0) is 13.2. The van der Waals surface area contributed by atoms with E-state index >= 15 is 0 Å². The highest BCUT2D eigenvalue weighted by Crippen LogP contribution is 2.21. The van der Waals surface area contributed by atoms with Gasteiger partial charge in [0.2, 0.25) is 5.95 Å². The van der Waals surface area contributed by atoms with Crippen molar-refractivity contribution >= 4 is 32.8 Å². The second-order valence-corrected chi connectivity index (χ2v) is 5.88. The van der Waals surface area contributed by atoms with Crippen molar-refractivity contribution in [3.05, 3.63) is 28.9 Å². The third kappa shape index (κ3) is 2.72. The molecule has 3 rings (SSSR count). The molecule has 0 aliphatic carbocycles. The van der Waals surface area contributed by atoms with E-state index in [0.717, 1.165) is 47.3 Å². The van der Waals surface area contributed by atoms with Crippen molar-refractivity contribution in [2.45, 2.75) is 18.9 Å². The van der Waals surface area contributed by atoms with Gasteiger partial charge in [-0.25, -0.2) is 9.97 Å². The molecule has 1 aromatic heterocycles. The highest BCUT2D eigenvalue weighted by molar-refractivity contribution is 9.10. The van der Waals surface area contributed by atoms with Gasteiger partial charge in [0.15, 0.2) is 0 Å². The molecule has 0 spiro atoms.